The minimum atomic E-state index is -0.117. The Kier molecular flexibility index (Phi) is 8.15. The smallest absolute Gasteiger partial charge is 0.251 e. The number of hydrogen-bond acceptors (Lipinski definition) is 4. The first-order valence-corrected chi connectivity index (χ1v) is 9.90. The summed E-state index contributed by atoms with van der Waals surface area (Å²) < 4.78 is 11.6. The van der Waals surface area contributed by atoms with E-state index in [0.29, 0.717) is 34.7 Å². The molecular weight excluding hydrogens is 402 g/mol. The Bertz CT molecular complexity index is 695. The first kappa shape index (κ1) is 19.7. The molecule has 0 radical (unpaired) electrons. The molecule has 25 heavy (non-hydrogen) atoms. The van der Waals surface area contributed by atoms with E-state index in [4.69, 9.17) is 9.47 Å². The van der Waals surface area contributed by atoms with Gasteiger partial charge in [0, 0.05) is 17.0 Å². The van der Waals surface area contributed by atoms with Crippen LogP contribution in [-0.2, 0) is 0 Å². The highest BCUT2D eigenvalue weighted by Gasteiger charge is 2.15. The largest absolute Gasteiger partial charge is 0.492 e. The van der Waals surface area contributed by atoms with Crippen molar-refractivity contribution in [2.75, 3.05) is 26.0 Å². The minimum Gasteiger partial charge on any atom is -0.492 e. The highest BCUT2D eigenvalue weighted by atomic mass is 79.9. The number of carbonyl (C=O) groups is 1. The van der Waals surface area contributed by atoms with Crippen molar-refractivity contribution in [1.82, 2.24) is 5.32 Å². The van der Waals surface area contributed by atoms with Crippen molar-refractivity contribution in [3.63, 3.8) is 0 Å². The summed E-state index contributed by atoms with van der Waals surface area (Å²) >= 11 is 5.22. The number of amides is 1. The van der Waals surface area contributed by atoms with E-state index in [0.717, 1.165) is 12.2 Å². The Morgan fingerprint density at radius 3 is 2.68 bits per heavy atom. The van der Waals surface area contributed by atoms with Crippen molar-refractivity contribution in [1.29, 1.82) is 0 Å². The van der Waals surface area contributed by atoms with Crippen molar-refractivity contribution in [2.24, 2.45) is 0 Å². The van der Waals surface area contributed by atoms with Gasteiger partial charge in [0.05, 0.1) is 18.2 Å². The van der Waals surface area contributed by atoms with Crippen LogP contribution in [0.5, 0.6) is 11.5 Å². The molecule has 0 aliphatic carbocycles. The fourth-order valence-electron chi connectivity index (χ4n) is 2.24. The van der Waals surface area contributed by atoms with Gasteiger partial charge in [-0.15, -0.1) is 11.8 Å². The van der Waals surface area contributed by atoms with Gasteiger partial charge in [0.25, 0.3) is 5.91 Å². The van der Waals surface area contributed by atoms with E-state index in [1.807, 2.05) is 25.1 Å². The molecule has 0 aliphatic heterocycles. The van der Waals surface area contributed by atoms with Crippen LogP contribution in [-0.4, -0.2) is 31.9 Å². The van der Waals surface area contributed by atoms with E-state index in [-0.39, 0.29) is 5.91 Å². The SMILES string of the molecule is CCOc1cc(C(=O)NCCCSc2ccccc2)cc(Br)c1OC. The highest BCUT2D eigenvalue weighted by molar-refractivity contribution is 9.10. The number of carbonyl (C=O) groups excluding carboxylic acids is 1. The van der Waals surface area contributed by atoms with Crippen LogP contribution in [0.15, 0.2) is 51.8 Å². The number of halogens is 1. The first-order valence-electron chi connectivity index (χ1n) is 8.12. The molecule has 0 unspecified atom stereocenters. The van der Waals surface area contributed by atoms with E-state index in [1.54, 1.807) is 31.0 Å². The molecule has 0 heterocycles. The third-order valence-corrected chi connectivity index (χ3v) is 5.08. The predicted octanol–water partition coefficient (Wildman–Crippen LogP) is 4.77. The molecule has 0 aromatic heterocycles. The van der Waals surface area contributed by atoms with E-state index in [9.17, 15) is 4.79 Å². The molecule has 0 fully saturated rings. The third kappa shape index (κ3) is 5.97. The number of rotatable bonds is 9. The molecule has 0 atom stereocenters. The first-order chi connectivity index (χ1) is 12.2. The molecule has 2 rings (SSSR count). The van der Waals surface area contributed by atoms with Gasteiger partial charge in [-0.05, 0) is 59.3 Å². The van der Waals surface area contributed by atoms with Crippen molar-refractivity contribution < 1.29 is 14.3 Å². The fourth-order valence-corrected chi connectivity index (χ4v) is 3.72. The van der Waals surface area contributed by atoms with E-state index in [2.05, 4.69) is 33.4 Å². The Balaban J connectivity index is 1.86. The fraction of sp³-hybridized carbons (Fsp3) is 0.316. The van der Waals surface area contributed by atoms with Crippen LogP contribution in [0.25, 0.3) is 0 Å². The summed E-state index contributed by atoms with van der Waals surface area (Å²) in [6.45, 7) is 3.03. The quantitative estimate of drug-likeness (QED) is 0.466. The molecular formula is C19H22BrNO3S. The molecule has 134 valence electrons. The zero-order chi connectivity index (χ0) is 18.1. The standard InChI is InChI=1S/C19H22BrNO3S/c1-3-24-17-13-14(12-16(20)18(17)23-2)19(22)21-10-7-11-25-15-8-5-4-6-9-15/h4-6,8-9,12-13H,3,7,10-11H2,1-2H3,(H,21,22). The number of nitrogens with one attached hydrogen (secondary N) is 1. The van der Waals surface area contributed by atoms with Crippen LogP contribution in [0.4, 0.5) is 0 Å². The lowest BCUT2D eigenvalue weighted by molar-refractivity contribution is 0.0953. The summed E-state index contributed by atoms with van der Waals surface area (Å²) in [5.41, 5.74) is 0.548. The molecule has 1 N–H and O–H groups in total. The molecule has 0 saturated heterocycles. The lowest BCUT2D eigenvalue weighted by Crippen LogP contribution is -2.24. The molecule has 2 aromatic rings. The second-order valence-corrected chi connectivity index (χ2v) is 7.22. The maximum Gasteiger partial charge on any atom is 0.251 e. The van der Waals surface area contributed by atoms with Crippen LogP contribution >= 0.6 is 27.7 Å². The van der Waals surface area contributed by atoms with Crippen LogP contribution in [0.2, 0.25) is 0 Å². The van der Waals surface area contributed by atoms with Crippen LogP contribution < -0.4 is 14.8 Å². The maximum absolute atomic E-state index is 12.4. The van der Waals surface area contributed by atoms with Gasteiger partial charge in [0.15, 0.2) is 11.5 Å². The highest BCUT2D eigenvalue weighted by Crippen LogP contribution is 2.36. The minimum absolute atomic E-state index is 0.117. The average molecular weight is 424 g/mol. The monoisotopic (exact) mass is 423 g/mol. The van der Waals surface area contributed by atoms with Gasteiger partial charge < -0.3 is 14.8 Å². The van der Waals surface area contributed by atoms with Crippen molar-refractivity contribution >= 4 is 33.6 Å². The molecule has 0 bridgehead atoms. The third-order valence-electron chi connectivity index (χ3n) is 3.39. The van der Waals surface area contributed by atoms with Crippen molar-refractivity contribution in [3.8, 4) is 11.5 Å². The number of thioether (sulfide) groups is 1. The van der Waals surface area contributed by atoms with Crippen LogP contribution in [0.3, 0.4) is 0 Å². The number of benzene rings is 2. The zero-order valence-corrected chi connectivity index (χ0v) is 16.8. The molecule has 2 aromatic carbocycles. The maximum atomic E-state index is 12.4. The van der Waals surface area contributed by atoms with Crippen LogP contribution in [0, 0.1) is 0 Å². The molecule has 6 heteroatoms. The molecule has 0 aliphatic rings. The lowest BCUT2D eigenvalue weighted by Gasteiger charge is -2.13. The van der Waals surface area contributed by atoms with Gasteiger partial charge in [-0.2, -0.15) is 0 Å². The summed E-state index contributed by atoms with van der Waals surface area (Å²) in [5.74, 6) is 2.00. The van der Waals surface area contributed by atoms with E-state index >= 15 is 0 Å². The molecule has 0 spiro atoms. The van der Waals surface area contributed by atoms with Crippen molar-refractivity contribution in [3.05, 3.63) is 52.5 Å². The van der Waals surface area contributed by atoms with E-state index < -0.39 is 0 Å². The number of methoxy groups -OCH3 is 1. The number of hydrogen-bond donors (Lipinski definition) is 1. The molecule has 0 saturated carbocycles. The Morgan fingerprint density at radius 2 is 2.00 bits per heavy atom. The normalized spacial score (nSPS) is 10.4. The Morgan fingerprint density at radius 1 is 1.24 bits per heavy atom. The van der Waals surface area contributed by atoms with Gasteiger partial charge in [0.2, 0.25) is 0 Å². The van der Waals surface area contributed by atoms with Gasteiger partial charge in [-0.3, -0.25) is 4.79 Å². The van der Waals surface area contributed by atoms with Gasteiger partial charge in [0.1, 0.15) is 0 Å². The second-order valence-electron chi connectivity index (χ2n) is 5.19. The number of ether oxygens (including phenoxy) is 2. The summed E-state index contributed by atoms with van der Waals surface area (Å²) in [5, 5.41) is 2.95. The van der Waals surface area contributed by atoms with Gasteiger partial charge >= 0.3 is 0 Å². The summed E-state index contributed by atoms with van der Waals surface area (Å²) in [6, 6.07) is 13.7. The van der Waals surface area contributed by atoms with Crippen LogP contribution in [0.1, 0.15) is 23.7 Å². The molecule has 1 amide bonds. The average Bonchev–Trinajstić information content (AvgIpc) is 2.62. The zero-order valence-electron chi connectivity index (χ0n) is 14.4. The summed E-state index contributed by atoms with van der Waals surface area (Å²) in [6.07, 6.45) is 0.904. The summed E-state index contributed by atoms with van der Waals surface area (Å²) in [4.78, 5) is 13.6. The topological polar surface area (TPSA) is 47.6 Å². The lowest BCUT2D eigenvalue weighted by atomic mass is 10.2. The van der Waals surface area contributed by atoms with Gasteiger partial charge in [-0.25, -0.2) is 0 Å². The van der Waals surface area contributed by atoms with Gasteiger partial charge in [-0.1, -0.05) is 18.2 Å². The van der Waals surface area contributed by atoms with Crippen molar-refractivity contribution in [2.45, 2.75) is 18.2 Å². The predicted molar refractivity (Wildman–Crippen MR) is 106 cm³/mol. The molecule has 4 nitrogen and oxygen atoms in total. The van der Waals surface area contributed by atoms with E-state index in [1.165, 1.54) is 4.90 Å². The Hall–Kier alpha value is -1.66. The second kappa shape index (κ2) is 10.4. The summed E-state index contributed by atoms with van der Waals surface area (Å²) in [7, 11) is 1.58. The Labute approximate surface area is 161 Å².